The van der Waals surface area contributed by atoms with Crippen LogP contribution in [0.25, 0.3) is 0 Å². The number of nitrogens with one attached hydrogen (secondary N) is 1. The Hall–Kier alpha value is -2.51. The molecule has 20 heavy (non-hydrogen) atoms. The van der Waals surface area contributed by atoms with Crippen LogP contribution in [0.3, 0.4) is 0 Å². The number of carboxylic acid groups (broad SMARTS) is 1. The fraction of sp³-hybridized carbons (Fsp3) is 0.333. The zero-order chi connectivity index (χ0) is 15.4. The van der Waals surface area contributed by atoms with E-state index >= 15 is 0 Å². The van der Waals surface area contributed by atoms with Crippen molar-refractivity contribution in [2.45, 2.75) is 19.9 Å². The molecule has 1 aromatic rings. The first-order valence-electron chi connectivity index (χ1n) is 5.71. The predicted molar refractivity (Wildman–Crippen MR) is 66.8 cm³/mol. The number of hydrogen-bond donors (Lipinski definition) is 2. The van der Waals surface area contributed by atoms with Gasteiger partial charge in [-0.1, -0.05) is 13.8 Å². The van der Waals surface area contributed by atoms with Crippen LogP contribution in [0.2, 0.25) is 0 Å². The predicted octanol–water partition coefficient (Wildman–Crippen LogP) is 1.57. The van der Waals surface area contributed by atoms with E-state index in [0.717, 1.165) is 18.2 Å². The van der Waals surface area contributed by atoms with Crippen LogP contribution in [0, 0.1) is 21.8 Å². The highest BCUT2D eigenvalue weighted by Crippen LogP contribution is 2.18. The standard InChI is InChI=1S/C12H13FN2O5/c1-6(2)10(12(17)18)14-11(16)7-3-4-8(13)9(5-7)15(19)20/h3-6,10H,1-2H3,(H,14,16)(H,17,18). The minimum atomic E-state index is -1.22. The Morgan fingerprint density at radius 2 is 2.00 bits per heavy atom. The van der Waals surface area contributed by atoms with E-state index in [1.807, 2.05) is 0 Å². The zero-order valence-electron chi connectivity index (χ0n) is 10.8. The number of benzene rings is 1. The van der Waals surface area contributed by atoms with Crippen LogP contribution in [0.4, 0.5) is 10.1 Å². The fourth-order valence-electron chi connectivity index (χ4n) is 1.53. The first-order chi connectivity index (χ1) is 9.23. The van der Waals surface area contributed by atoms with E-state index in [0.29, 0.717) is 0 Å². The monoisotopic (exact) mass is 284 g/mol. The van der Waals surface area contributed by atoms with Gasteiger partial charge in [0.05, 0.1) is 4.92 Å². The van der Waals surface area contributed by atoms with Gasteiger partial charge in [-0.2, -0.15) is 4.39 Å². The number of carbonyl (C=O) groups is 2. The average Bonchev–Trinajstić information content (AvgIpc) is 2.34. The summed E-state index contributed by atoms with van der Waals surface area (Å²) in [6, 6.07) is 1.48. The van der Waals surface area contributed by atoms with Crippen LogP contribution >= 0.6 is 0 Å². The van der Waals surface area contributed by atoms with Crippen LogP contribution < -0.4 is 5.32 Å². The number of carboxylic acids is 1. The fourth-order valence-corrected chi connectivity index (χ4v) is 1.53. The Bertz CT molecular complexity index is 559. The molecule has 0 saturated carbocycles. The van der Waals surface area contributed by atoms with Crippen molar-refractivity contribution in [3.63, 3.8) is 0 Å². The molecule has 1 atom stereocenters. The third kappa shape index (κ3) is 3.50. The second kappa shape index (κ2) is 6.09. The number of hydrogen-bond acceptors (Lipinski definition) is 4. The van der Waals surface area contributed by atoms with Crippen molar-refractivity contribution in [1.29, 1.82) is 0 Å². The van der Waals surface area contributed by atoms with E-state index in [9.17, 15) is 24.1 Å². The highest BCUT2D eigenvalue weighted by Gasteiger charge is 2.25. The normalized spacial score (nSPS) is 12.0. The van der Waals surface area contributed by atoms with Crippen molar-refractivity contribution < 1.29 is 24.0 Å². The first-order valence-corrected chi connectivity index (χ1v) is 5.71. The maximum Gasteiger partial charge on any atom is 0.326 e. The number of rotatable bonds is 5. The summed E-state index contributed by atoms with van der Waals surface area (Å²) in [6.07, 6.45) is 0. The van der Waals surface area contributed by atoms with Gasteiger partial charge in [0, 0.05) is 11.6 Å². The third-order valence-electron chi connectivity index (χ3n) is 2.62. The Kier molecular flexibility index (Phi) is 4.73. The highest BCUT2D eigenvalue weighted by atomic mass is 19.1. The molecule has 0 aliphatic rings. The molecule has 0 radical (unpaired) electrons. The molecular weight excluding hydrogens is 271 g/mol. The Morgan fingerprint density at radius 3 is 2.45 bits per heavy atom. The number of halogens is 1. The van der Waals surface area contributed by atoms with Crippen molar-refractivity contribution in [2.75, 3.05) is 0 Å². The highest BCUT2D eigenvalue weighted by molar-refractivity contribution is 5.97. The van der Waals surface area contributed by atoms with Gasteiger partial charge in [-0.25, -0.2) is 4.79 Å². The van der Waals surface area contributed by atoms with Crippen molar-refractivity contribution >= 4 is 17.6 Å². The summed E-state index contributed by atoms with van der Waals surface area (Å²) in [5, 5.41) is 21.8. The molecule has 0 bridgehead atoms. The van der Waals surface area contributed by atoms with Gasteiger partial charge in [0.25, 0.3) is 5.91 Å². The lowest BCUT2D eigenvalue weighted by atomic mass is 10.0. The molecule has 1 aromatic carbocycles. The molecule has 7 nitrogen and oxygen atoms in total. The molecule has 0 fully saturated rings. The summed E-state index contributed by atoms with van der Waals surface area (Å²) in [7, 11) is 0. The molecule has 1 rings (SSSR count). The van der Waals surface area contributed by atoms with Crippen molar-refractivity contribution in [1.82, 2.24) is 5.32 Å². The van der Waals surface area contributed by atoms with Gasteiger partial charge in [-0.3, -0.25) is 14.9 Å². The molecule has 1 amide bonds. The maximum atomic E-state index is 13.1. The zero-order valence-corrected chi connectivity index (χ0v) is 10.8. The van der Waals surface area contributed by atoms with Crippen LogP contribution in [-0.4, -0.2) is 27.9 Å². The Balaban J connectivity index is 3.01. The number of amides is 1. The van der Waals surface area contributed by atoms with Gasteiger partial charge < -0.3 is 10.4 Å². The van der Waals surface area contributed by atoms with Gasteiger partial charge >= 0.3 is 11.7 Å². The van der Waals surface area contributed by atoms with Gasteiger partial charge in [-0.05, 0) is 18.1 Å². The smallest absolute Gasteiger partial charge is 0.326 e. The second-order valence-corrected chi connectivity index (χ2v) is 4.46. The topological polar surface area (TPSA) is 110 Å². The first kappa shape index (κ1) is 15.5. The molecule has 0 aliphatic carbocycles. The molecule has 1 unspecified atom stereocenters. The minimum Gasteiger partial charge on any atom is -0.480 e. The lowest BCUT2D eigenvalue weighted by Crippen LogP contribution is -2.44. The molecule has 0 saturated heterocycles. The molecule has 0 aromatic heterocycles. The molecule has 8 heteroatoms. The van der Waals surface area contributed by atoms with Crippen molar-refractivity contribution in [3.05, 3.63) is 39.7 Å². The summed E-state index contributed by atoms with van der Waals surface area (Å²) >= 11 is 0. The van der Waals surface area contributed by atoms with E-state index < -0.39 is 34.3 Å². The Labute approximate surface area is 113 Å². The van der Waals surface area contributed by atoms with Crippen LogP contribution in [-0.2, 0) is 4.79 Å². The van der Waals surface area contributed by atoms with Crippen LogP contribution in [0.15, 0.2) is 18.2 Å². The largest absolute Gasteiger partial charge is 0.480 e. The quantitative estimate of drug-likeness (QED) is 0.630. The van der Waals surface area contributed by atoms with E-state index in [2.05, 4.69) is 5.32 Å². The van der Waals surface area contributed by atoms with Gasteiger partial charge in [-0.15, -0.1) is 0 Å². The molecule has 0 aliphatic heterocycles. The van der Waals surface area contributed by atoms with Crippen LogP contribution in [0.1, 0.15) is 24.2 Å². The van der Waals surface area contributed by atoms with Crippen molar-refractivity contribution in [2.24, 2.45) is 5.92 Å². The molecule has 108 valence electrons. The third-order valence-corrected chi connectivity index (χ3v) is 2.62. The summed E-state index contributed by atoms with van der Waals surface area (Å²) in [4.78, 5) is 32.4. The molecular formula is C12H13FN2O5. The molecule has 2 N–H and O–H groups in total. The lowest BCUT2D eigenvalue weighted by molar-refractivity contribution is -0.387. The van der Waals surface area contributed by atoms with Gasteiger partial charge in [0.15, 0.2) is 0 Å². The number of nitrogens with zero attached hydrogens (tertiary/aromatic N) is 1. The Morgan fingerprint density at radius 1 is 1.40 bits per heavy atom. The van der Waals surface area contributed by atoms with Gasteiger partial charge in [0.2, 0.25) is 5.82 Å². The lowest BCUT2D eigenvalue weighted by Gasteiger charge is -2.17. The van der Waals surface area contributed by atoms with E-state index in [-0.39, 0.29) is 11.5 Å². The molecule has 0 spiro atoms. The summed E-state index contributed by atoms with van der Waals surface area (Å²) in [5.74, 6) is -3.46. The second-order valence-electron chi connectivity index (χ2n) is 4.46. The summed E-state index contributed by atoms with van der Waals surface area (Å²) in [6.45, 7) is 3.21. The minimum absolute atomic E-state index is 0.176. The number of aliphatic carboxylic acids is 1. The number of nitro benzene ring substituents is 1. The SMILES string of the molecule is CC(C)C(NC(=O)c1ccc(F)c([N+](=O)[O-])c1)C(=O)O. The molecule has 0 heterocycles. The number of carbonyl (C=O) groups excluding carboxylic acids is 1. The van der Waals surface area contributed by atoms with Crippen molar-refractivity contribution in [3.8, 4) is 0 Å². The van der Waals surface area contributed by atoms with Gasteiger partial charge in [0.1, 0.15) is 6.04 Å². The average molecular weight is 284 g/mol. The summed E-state index contributed by atoms with van der Waals surface area (Å²) < 4.78 is 13.1. The van der Waals surface area contributed by atoms with E-state index in [1.165, 1.54) is 0 Å². The van der Waals surface area contributed by atoms with E-state index in [4.69, 9.17) is 5.11 Å². The summed E-state index contributed by atoms with van der Waals surface area (Å²) in [5.41, 5.74) is -1.01. The number of nitro groups is 1. The van der Waals surface area contributed by atoms with Crippen LogP contribution in [0.5, 0.6) is 0 Å². The van der Waals surface area contributed by atoms with E-state index in [1.54, 1.807) is 13.8 Å². The maximum absolute atomic E-state index is 13.1.